The third-order valence-electron chi connectivity index (χ3n) is 6.88. The van der Waals surface area contributed by atoms with Gasteiger partial charge in [0.2, 0.25) is 0 Å². The summed E-state index contributed by atoms with van der Waals surface area (Å²) in [7, 11) is 0. The molecular formula is C31H42O6. The molecule has 0 bridgehead atoms. The largest absolute Gasteiger partial charge is 0.465 e. The highest BCUT2D eigenvalue weighted by molar-refractivity contribution is 5.88. The first-order valence-electron chi connectivity index (χ1n) is 13.8. The Morgan fingerprint density at radius 1 is 0.784 bits per heavy atom. The first kappa shape index (κ1) is 27.5. The molecular weight excluding hydrogens is 468 g/mol. The normalized spacial score (nSPS) is 22.1. The highest BCUT2D eigenvalue weighted by Gasteiger charge is 2.44. The minimum Gasteiger partial charge on any atom is -0.465 e. The van der Waals surface area contributed by atoms with E-state index in [9.17, 15) is 4.79 Å². The summed E-state index contributed by atoms with van der Waals surface area (Å²) in [4.78, 5) is 14.0. The summed E-state index contributed by atoms with van der Waals surface area (Å²) in [5, 5.41) is 0. The van der Waals surface area contributed by atoms with Crippen LogP contribution in [0.4, 0.5) is 0 Å². The first-order valence-corrected chi connectivity index (χ1v) is 13.8. The Kier molecular flexibility index (Phi) is 9.14. The maximum atomic E-state index is 14.0. The van der Waals surface area contributed by atoms with Crippen molar-refractivity contribution >= 4 is 5.97 Å². The molecule has 0 saturated carbocycles. The highest BCUT2D eigenvalue weighted by Crippen LogP contribution is 2.41. The van der Waals surface area contributed by atoms with Crippen molar-refractivity contribution in [2.75, 3.05) is 13.2 Å². The van der Waals surface area contributed by atoms with Crippen LogP contribution < -0.4 is 9.47 Å². The lowest BCUT2D eigenvalue weighted by Crippen LogP contribution is -2.42. The van der Waals surface area contributed by atoms with Gasteiger partial charge in [0.1, 0.15) is 22.5 Å². The second kappa shape index (κ2) is 12.3. The van der Waals surface area contributed by atoms with Crippen LogP contribution in [0.15, 0.2) is 48.5 Å². The zero-order valence-corrected chi connectivity index (χ0v) is 22.8. The molecule has 0 amide bonds. The van der Waals surface area contributed by atoms with Crippen LogP contribution in [0.5, 0.6) is 11.5 Å². The number of ether oxygens (including phenoxy) is 5. The van der Waals surface area contributed by atoms with Crippen LogP contribution in [-0.4, -0.2) is 37.4 Å². The van der Waals surface area contributed by atoms with Crippen molar-refractivity contribution in [3.63, 3.8) is 0 Å². The average molecular weight is 511 g/mol. The summed E-state index contributed by atoms with van der Waals surface area (Å²) in [5.41, 5.74) is 0.190. The van der Waals surface area contributed by atoms with Crippen molar-refractivity contribution in [3.8, 4) is 11.5 Å². The molecule has 0 spiro atoms. The zero-order valence-electron chi connectivity index (χ0n) is 22.8. The molecule has 2 heterocycles. The number of carbonyl (C=O) groups excluding carboxylic acids is 1. The molecule has 0 radical (unpaired) electrons. The van der Waals surface area contributed by atoms with Gasteiger partial charge in [-0.05, 0) is 88.3 Å². The van der Waals surface area contributed by atoms with Crippen LogP contribution in [0, 0.1) is 0 Å². The number of hydrogen-bond acceptors (Lipinski definition) is 6. The quantitative estimate of drug-likeness (QED) is 0.341. The van der Waals surface area contributed by atoms with Gasteiger partial charge in [0.25, 0.3) is 0 Å². The average Bonchev–Trinajstić information content (AvgIpc) is 2.89. The van der Waals surface area contributed by atoms with Gasteiger partial charge in [0.05, 0.1) is 13.2 Å². The molecule has 2 fully saturated rings. The van der Waals surface area contributed by atoms with Gasteiger partial charge in [-0.15, -0.1) is 0 Å². The molecule has 0 N–H and O–H groups in total. The molecule has 6 nitrogen and oxygen atoms in total. The summed E-state index contributed by atoms with van der Waals surface area (Å²) < 4.78 is 29.6. The molecule has 6 heteroatoms. The van der Waals surface area contributed by atoms with Crippen molar-refractivity contribution in [1.29, 1.82) is 0 Å². The third kappa shape index (κ3) is 7.05. The predicted molar refractivity (Wildman–Crippen MR) is 143 cm³/mol. The summed E-state index contributed by atoms with van der Waals surface area (Å²) in [6.45, 7) is 9.27. The fourth-order valence-corrected chi connectivity index (χ4v) is 5.08. The topological polar surface area (TPSA) is 63.2 Å². The number of rotatable bonds is 9. The molecule has 2 aliphatic heterocycles. The van der Waals surface area contributed by atoms with Crippen LogP contribution in [0.1, 0.15) is 90.2 Å². The lowest BCUT2D eigenvalue weighted by atomic mass is 9.71. The zero-order chi connectivity index (χ0) is 26.3. The van der Waals surface area contributed by atoms with E-state index in [1.54, 1.807) is 0 Å². The van der Waals surface area contributed by atoms with Crippen molar-refractivity contribution in [2.45, 2.75) is 103 Å². The van der Waals surface area contributed by atoms with Gasteiger partial charge in [0.15, 0.2) is 12.6 Å². The van der Waals surface area contributed by atoms with Crippen molar-refractivity contribution < 1.29 is 28.5 Å². The molecule has 2 aromatic rings. The molecule has 2 atom stereocenters. The molecule has 2 saturated heterocycles. The summed E-state index contributed by atoms with van der Waals surface area (Å²) in [5.74, 6) is 1.22. The minimum atomic E-state index is -0.957. The van der Waals surface area contributed by atoms with Crippen LogP contribution in [0.25, 0.3) is 0 Å². The van der Waals surface area contributed by atoms with Gasteiger partial charge in [-0.2, -0.15) is 0 Å². The van der Waals surface area contributed by atoms with E-state index in [2.05, 4.69) is 6.92 Å². The van der Waals surface area contributed by atoms with Crippen molar-refractivity contribution in [2.24, 2.45) is 0 Å². The Bertz CT molecular complexity index is 916. The second-order valence-electron chi connectivity index (χ2n) is 11.0. The van der Waals surface area contributed by atoms with Gasteiger partial charge < -0.3 is 23.7 Å². The smallest absolute Gasteiger partial charge is 0.321 e. The van der Waals surface area contributed by atoms with E-state index in [0.717, 1.165) is 80.8 Å². The number of benzene rings is 2. The van der Waals surface area contributed by atoms with Crippen LogP contribution in [0.2, 0.25) is 0 Å². The maximum Gasteiger partial charge on any atom is 0.321 e. The lowest BCUT2D eigenvalue weighted by molar-refractivity contribution is -0.160. The maximum absolute atomic E-state index is 14.0. The fourth-order valence-electron chi connectivity index (χ4n) is 5.08. The van der Waals surface area contributed by atoms with E-state index in [-0.39, 0.29) is 18.5 Å². The second-order valence-corrected chi connectivity index (χ2v) is 11.0. The number of carbonyl (C=O) groups is 1. The molecule has 202 valence electrons. The molecule has 0 aliphatic carbocycles. The van der Waals surface area contributed by atoms with Gasteiger partial charge in [-0.1, -0.05) is 37.6 Å². The van der Waals surface area contributed by atoms with Crippen LogP contribution in [-0.2, 0) is 24.4 Å². The van der Waals surface area contributed by atoms with Gasteiger partial charge in [-0.3, -0.25) is 4.79 Å². The van der Waals surface area contributed by atoms with Gasteiger partial charge in [-0.25, -0.2) is 0 Å². The SMILES string of the molecule is CCCC(C(=O)OC(C)(C)C)(c1ccc(OC2CCCCO2)cc1)c1ccc(OC2CCCCO2)cc1. The Morgan fingerprint density at radius 2 is 1.24 bits per heavy atom. The van der Waals surface area contributed by atoms with E-state index >= 15 is 0 Å². The minimum absolute atomic E-state index is 0.216. The summed E-state index contributed by atoms with van der Waals surface area (Å²) in [6.07, 6.45) is 7.12. The van der Waals surface area contributed by atoms with Crippen LogP contribution in [0.3, 0.4) is 0 Å². The highest BCUT2D eigenvalue weighted by atomic mass is 16.7. The van der Waals surface area contributed by atoms with Gasteiger partial charge >= 0.3 is 5.97 Å². The van der Waals surface area contributed by atoms with E-state index in [4.69, 9.17) is 23.7 Å². The molecule has 4 rings (SSSR count). The molecule has 37 heavy (non-hydrogen) atoms. The number of hydrogen-bond donors (Lipinski definition) is 0. The van der Waals surface area contributed by atoms with E-state index in [1.807, 2.05) is 69.3 Å². The van der Waals surface area contributed by atoms with Crippen molar-refractivity contribution in [1.82, 2.24) is 0 Å². The Balaban J connectivity index is 1.64. The molecule has 2 aliphatic rings. The van der Waals surface area contributed by atoms with E-state index in [1.165, 1.54) is 0 Å². The summed E-state index contributed by atoms with van der Waals surface area (Å²) >= 11 is 0. The summed E-state index contributed by atoms with van der Waals surface area (Å²) in [6, 6.07) is 15.7. The Hall–Kier alpha value is -2.57. The van der Waals surface area contributed by atoms with Gasteiger partial charge in [0, 0.05) is 12.8 Å². The first-order chi connectivity index (χ1) is 17.8. The predicted octanol–water partition coefficient (Wildman–Crippen LogP) is 6.93. The molecule has 2 unspecified atom stereocenters. The van der Waals surface area contributed by atoms with Crippen molar-refractivity contribution in [3.05, 3.63) is 59.7 Å². The standard InChI is InChI=1S/C31H42O6/c1-5-20-31(29(32)37-30(2,3)4,23-12-16-25(17-13-23)35-27-10-6-8-21-33-27)24-14-18-26(19-15-24)36-28-11-7-9-22-34-28/h12-19,27-28H,5-11,20-22H2,1-4H3. The number of esters is 1. The Labute approximate surface area is 221 Å². The molecule has 2 aromatic carbocycles. The Morgan fingerprint density at radius 3 is 1.59 bits per heavy atom. The monoisotopic (exact) mass is 510 g/mol. The lowest BCUT2D eigenvalue weighted by Gasteiger charge is -2.36. The van der Waals surface area contributed by atoms with E-state index in [0.29, 0.717) is 6.42 Å². The van der Waals surface area contributed by atoms with Crippen LogP contribution >= 0.6 is 0 Å². The fraction of sp³-hybridized carbons (Fsp3) is 0.581. The third-order valence-corrected chi connectivity index (χ3v) is 6.88. The molecule has 0 aromatic heterocycles. The van der Waals surface area contributed by atoms with E-state index < -0.39 is 11.0 Å².